The Morgan fingerprint density at radius 1 is 0.970 bits per heavy atom. The van der Waals surface area contributed by atoms with Crippen LogP contribution in [0.25, 0.3) is 11.1 Å². The molecule has 0 aliphatic carbocycles. The molecule has 0 atom stereocenters. The number of ether oxygens (including phenoxy) is 3. The van der Waals surface area contributed by atoms with E-state index in [1.165, 1.54) is 5.69 Å². The topological polar surface area (TPSA) is 54.7 Å². The van der Waals surface area contributed by atoms with E-state index in [4.69, 9.17) is 14.2 Å². The van der Waals surface area contributed by atoms with Crippen LogP contribution >= 0.6 is 0 Å². The molecule has 0 radical (unpaired) electrons. The van der Waals surface area contributed by atoms with Crippen molar-refractivity contribution in [2.45, 2.75) is 66.1 Å². The Bertz CT molecular complexity index is 902. The van der Waals surface area contributed by atoms with Crippen LogP contribution in [0.1, 0.15) is 60.5 Å². The van der Waals surface area contributed by atoms with Gasteiger partial charge in [0.2, 0.25) is 0 Å². The van der Waals surface area contributed by atoms with Gasteiger partial charge < -0.3 is 19.1 Å². The fourth-order valence-electron chi connectivity index (χ4n) is 3.60. The minimum absolute atomic E-state index is 0.179. The summed E-state index contributed by atoms with van der Waals surface area (Å²) >= 11 is 0. The van der Waals surface area contributed by atoms with Gasteiger partial charge in [-0.1, -0.05) is 38.1 Å². The molecule has 0 N–H and O–H groups in total. The number of nitrogens with zero attached hydrogens (tertiary/aromatic N) is 2. The third-order valence-corrected chi connectivity index (χ3v) is 5.32. The summed E-state index contributed by atoms with van der Waals surface area (Å²) in [6, 6.07) is 16.5. The van der Waals surface area contributed by atoms with Gasteiger partial charge in [0.25, 0.3) is 0 Å². The van der Waals surface area contributed by atoms with Crippen molar-refractivity contribution in [3.63, 3.8) is 0 Å². The molecular formula is C28H40N2O3. The molecule has 0 spiro atoms. The summed E-state index contributed by atoms with van der Waals surface area (Å²) < 4.78 is 17.6. The van der Waals surface area contributed by atoms with Gasteiger partial charge in [-0.25, -0.2) is 0 Å². The molecular weight excluding hydrogens is 412 g/mol. The highest BCUT2D eigenvalue weighted by atomic mass is 16.5. The Morgan fingerprint density at radius 2 is 1.61 bits per heavy atom. The second-order valence-corrected chi connectivity index (χ2v) is 9.51. The summed E-state index contributed by atoms with van der Waals surface area (Å²) in [5.74, 6) is 0.609. The van der Waals surface area contributed by atoms with Crippen molar-refractivity contribution < 1.29 is 14.2 Å². The first-order valence-corrected chi connectivity index (χ1v) is 12.0. The average molecular weight is 453 g/mol. The van der Waals surface area contributed by atoms with E-state index in [0.29, 0.717) is 17.9 Å². The maximum Gasteiger partial charge on any atom is 0.138 e. The van der Waals surface area contributed by atoms with E-state index in [1.54, 1.807) is 0 Å². The molecule has 0 amide bonds. The van der Waals surface area contributed by atoms with E-state index in [1.807, 2.05) is 66.7 Å². The normalized spacial score (nSPS) is 14.2. The minimum Gasteiger partial charge on any atom is -0.486 e. The van der Waals surface area contributed by atoms with Crippen LogP contribution in [0.2, 0.25) is 0 Å². The van der Waals surface area contributed by atoms with Crippen molar-refractivity contribution in [1.29, 1.82) is 5.26 Å². The van der Waals surface area contributed by atoms with E-state index in [9.17, 15) is 5.26 Å². The Labute approximate surface area is 200 Å². The number of rotatable bonds is 7. The molecule has 1 aliphatic rings. The van der Waals surface area contributed by atoms with Gasteiger partial charge in [0.05, 0.1) is 25.4 Å². The van der Waals surface area contributed by atoms with Crippen molar-refractivity contribution in [2.24, 2.45) is 0 Å². The Kier molecular flexibility index (Phi) is 9.76. The zero-order valence-corrected chi connectivity index (χ0v) is 21.4. The summed E-state index contributed by atoms with van der Waals surface area (Å²) in [4.78, 5) is 2.32. The van der Waals surface area contributed by atoms with Crippen LogP contribution in [0.5, 0.6) is 5.75 Å². The van der Waals surface area contributed by atoms with Gasteiger partial charge >= 0.3 is 0 Å². The second kappa shape index (κ2) is 12.1. The molecule has 5 heteroatoms. The third-order valence-electron chi connectivity index (χ3n) is 5.32. The second-order valence-electron chi connectivity index (χ2n) is 9.51. The summed E-state index contributed by atoms with van der Waals surface area (Å²) in [5.41, 5.74) is 3.00. The lowest BCUT2D eigenvalue weighted by molar-refractivity contribution is -0.0293. The number of hydrogen-bond acceptors (Lipinski definition) is 5. The van der Waals surface area contributed by atoms with Crippen molar-refractivity contribution in [2.75, 3.05) is 37.8 Å². The first-order chi connectivity index (χ1) is 15.7. The average Bonchev–Trinajstić information content (AvgIpc) is 2.79. The first-order valence-electron chi connectivity index (χ1n) is 12.0. The number of hydrogen-bond donors (Lipinski definition) is 0. The maximum atomic E-state index is 9.92. The molecule has 0 unspecified atom stereocenters. The summed E-state index contributed by atoms with van der Waals surface area (Å²) in [6.45, 7) is 18.1. The lowest BCUT2D eigenvalue weighted by atomic mass is 9.98. The summed E-state index contributed by atoms with van der Waals surface area (Å²) in [7, 11) is 0. The predicted molar refractivity (Wildman–Crippen MR) is 136 cm³/mol. The van der Waals surface area contributed by atoms with Gasteiger partial charge in [-0.3, -0.25) is 0 Å². The van der Waals surface area contributed by atoms with E-state index in [0.717, 1.165) is 43.9 Å². The third kappa shape index (κ3) is 8.07. The zero-order chi connectivity index (χ0) is 24.5. The Morgan fingerprint density at radius 3 is 2.18 bits per heavy atom. The van der Waals surface area contributed by atoms with Gasteiger partial charge in [-0.05, 0) is 58.4 Å². The molecule has 180 valence electrons. The van der Waals surface area contributed by atoms with Crippen LogP contribution in [-0.2, 0) is 9.47 Å². The summed E-state index contributed by atoms with van der Waals surface area (Å²) in [5, 5.41) is 9.92. The van der Waals surface area contributed by atoms with Crippen LogP contribution in [-0.4, -0.2) is 44.1 Å². The monoisotopic (exact) mass is 452 g/mol. The molecule has 0 saturated carbocycles. The fraction of sp³-hybridized carbons (Fsp3) is 0.536. The SMILES string of the molecule is CC.CC(C)(C)OCCC(C)(C)Oc1cccc(-c2ccc(N3CCOCC3)cc2)c1C#N. The highest BCUT2D eigenvalue weighted by molar-refractivity contribution is 5.75. The largest absolute Gasteiger partial charge is 0.486 e. The highest BCUT2D eigenvalue weighted by Crippen LogP contribution is 2.34. The standard InChI is InChI=1S/C26H34N2O3.C2H6/c1-25(2,3)30-16-13-26(4,5)31-24-8-6-7-22(23(24)19-27)20-9-11-21(12-10-20)28-14-17-29-18-15-28;1-2/h6-12H,13-18H2,1-5H3;1-2H3. The quantitative estimate of drug-likeness (QED) is 0.483. The lowest BCUT2D eigenvalue weighted by Crippen LogP contribution is -2.36. The van der Waals surface area contributed by atoms with Crippen LogP contribution in [0.4, 0.5) is 5.69 Å². The number of morpholine rings is 1. The zero-order valence-electron chi connectivity index (χ0n) is 21.4. The van der Waals surface area contributed by atoms with Crippen molar-refractivity contribution in [3.05, 3.63) is 48.0 Å². The molecule has 0 bridgehead atoms. The van der Waals surface area contributed by atoms with Gasteiger partial charge in [-0.15, -0.1) is 0 Å². The molecule has 2 aromatic rings. The van der Waals surface area contributed by atoms with Crippen LogP contribution in [0.15, 0.2) is 42.5 Å². The van der Waals surface area contributed by atoms with Crippen LogP contribution in [0.3, 0.4) is 0 Å². The van der Waals surface area contributed by atoms with Crippen LogP contribution in [0, 0.1) is 11.3 Å². The van der Waals surface area contributed by atoms with Crippen molar-refractivity contribution in [1.82, 2.24) is 0 Å². The van der Waals surface area contributed by atoms with Gasteiger partial charge in [0.1, 0.15) is 23.0 Å². The molecule has 2 aromatic carbocycles. The molecule has 5 nitrogen and oxygen atoms in total. The smallest absolute Gasteiger partial charge is 0.138 e. The number of benzene rings is 2. The molecule has 33 heavy (non-hydrogen) atoms. The molecule has 0 aromatic heterocycles. The Hall–Kier alpha value is -2.55. The van der Waals surface area contributed by atoms with E-state index >= 15 is 0 Å². The van der Waals surface area contributed by atoms with Gasteiger partial charge in [0, 0.05) is 30.8 Å². The van der Waals surface area contributed by atoms with Crippen LogP contribution < -0.4 is 9.64 Å². The van der Waals surface area contributed by atoms with E-state index in [-0.39, 0.29) is 5.60 Å². The highest BCUT2D eigenvalue weighted by Gasteiger charge is 2.24. The lowest BCUT2D eigenvalue weighted by Gasteiger charge is -2.29. The number of anilines is 1. The molecule has 1 heterocycles. The number of nitriles is 1. The Balaban J connectivity index is 0.00000187. The summed E-state index contributed by atoms with van der Waals surface area (Å²) in [6.07, 6.45) is 0.730. The van der Waals surface area contributed by atoms with Gasteiger partial charge in [-0.2, -0.15) is 5.26 Å². The molecule has 1 fully saturated rings. The molecule has 1 saturated heterocycles. The first kappa shape index (κ1) is 26.7. The molecule has 3 rings (SSSR count). The fourth-order valence-corrected chi connectivity index (χ4v) is 3.60. The minimum atomic E-state index is -0.449. The van der Waals surface area contributed by atoms with Crippen molar-refractivity contribution >= 4 is 5.69 Å². The van der Waals surface area contributed by atoms with E-state index < -0.39 is 5.60 Å². The van der Waals surface area contributed by atoms with Crippen molar-refractivity contribution in [3.8, 4) is 22.9 Å². The maximum absolute atomic E-state index is 9.92. The predicted octanol–water partition coefficient (Wildman–Crippen LogP) is 6.45. The van der Waals surface area contributed by atoms with E-state index in [2.05, 4.69) is 35.2 Å². The van der Waals surface area contributed by atoms with Gasteiger partial charge in [0.15, 0.2) is 0 Å². The molecule has 1 aliphatic heterocycles.